The Labute approximate surface area is 150 Å². The Morgan fingerprint density at radius 1 is 1.04 bits per heavy atom. The van der Waals surface area contributed by atoms with Gasteiger partial charge in [0.2, 0.25) is 5.91 Å². The van der Waals surface area contributed by atoms with Crippen LogP contribution in [0, 0.1) is 29.1 Å². The molecule has 4 saturated carbocycles. The molecule has 1 N–H and O–H groups in total. The maximum Gasteiger partial charge on any atom is 0.308 e. The standard InChI is InChI=1S/C20H32N2O3/c1-25-19(24)17-2-4-22(5-3-17)12-18(23)21-13-20-9-14-6-15(10-20)8-16(7-14)11-20/h14-17H,2-13H2,1H3,(H,21,23). The molecule has 5 aliphatic rings. The number of hydrogen-bond acceptors (Lipinski definition) is 4. The van der Waals surface area contributed by atoms with Crippen molar-refractivity contribution in [1.82, 2.24) is 10.2 Å². The zero-order valence-electron chi connectivity index (χ0n) is 15.5. The molecule has 1 saturated heterocycles. The third-order valence-electron chi connectivity index (χ3n) is 7.31. The van der Waals surface area contributed by atoms with Gasteiger partial charge >= 0.3 is 5.97 Å². The summed E-state index contributed by atoms with van der Waals surface area (Å²) in [6, 6.07) is 0. The summed E-state index contributed by atoms with van der Waals surface area (Å²) in [6.07, 6.45) is 9.95. The molecule has 0 unspecified atom stereocenters. The van der Waals surface area contributed by atoms with Gasteiger partial charge in [0.05, 0.1) is 19.6 Å². The summed E-state index contributed by atoms with van der Waals surface area (Å²) in [4.78, 5) is 26.2. The third-order valence-corrected chi connectivity index (χ3v) is 7.31. The summed E-state index contributed by atoms with van der Waals surface area (Å²) >= 11 is 0. The summed E-state index contributed by atoms with van der Waals surface area (Å²) in [5.74, 6) is 2.86. The van der Waals surface area contributed by atoms with Crippen molar-refractivity contribution in [2.24, 2.45) is 29.1 Å². The number of carbonyl (C=O) groups is 2. The number of ether oxygens (including phenoxy) is 1. The molecule has 5 rings (SSSR count). The van der Waals surface area contributed by atoms with E-state index in [2.05, 4.69) is 10.2 Å². The highest BCUT2D eigenvalue weighted by molar-refractivity contribution is 5.78. The molecular formula is C20H32N2O3. The number of amides is 1. The Hall–Kier alpha value is -1.10. The van der Waals surface area contributed by atoms with Crippen LogP contribution >= 0.6 is 0 Å². The number of piperidine rings is 1. The topological polar surface area (TPSA) is 58.6 Å². The van der Waals surface area contributed by atoms with Gasteiger partial charge in [-0.05, 0) is 87.6 Å². The highest BCUT2D eigenvalue weighted by atomic mass is 16.5. The smallest absolute Gasteiger partial charge is 0.308 e. The minimum absolute atomic E-state index is 0.0105. The summed E-state index contributed by atoms with van der Waals surface area (Å²) < 4.78 is 4.82. The number of rotatable bonds is 5. The van der Waals surface area contributed by atoms with Crippen LogP contribution in [0.25, 0.3) is 0 Å². The molecule has 0 aromatic carbocycles. The van der Waals surface area contributed by atoms with Crippen molar-refractivity contribution in [3.05, 3.63) is 0 Å². The molecule has 5 heteroatoms. The first-order chi connectivity index (χ1) is 12.0. The second kappa shape index (κ2) is 6.90. The first-order valence-electron chi connectivity index (χ1n) is 10.1. The molecule has 1 amide bonds. The number of esters is 1. The average molecular weight is 348 g/mol. The predicted molar refractivity (Wildman–Crippen MR) is 94.8 cm³/mol. The molecule has 140 valence electrons. The predicted octanol–water partition coefficient (Wildman–Crippen LogP) is 2.20. The lowest BCUT2D eigenvalue weighted by atomic mass is 9.49. The van der Waals surface area contributed by atoms with Gasteiger partial charge < -0.3 is 10.1 Å². The lowest BCUT2D eigenvalue weighted by Gasteiger charge is -2.57. The summed E-state index contributed by atoms with van der Waals surface area (Å²) in [6.45, 7) is 2.98. The van der Waals surface area contributed by atoms with Crippen LogP contribution < -0.4 is 5.32 Å². The first-order valence-corrected chi connectivity index (χ1v) is 10.1. The molecule has 4 aliphatic carbocycles. The van der Waals surface area contributed by atoms with Crippen LogP contribution in [0.1, 0.15) is 51.4 Å². The van der Waals surface area contributed by atoms with Crippen LogP contribution in [0.4, 0.5) is 0 Å². The Balaban J connectivity index is 1.22. The maximum absolute atomic E-state index is 12.4. The van der Waals surface area contributed by atoms with E-state index in [1.54, 1.807) is 0 Å². The van der Waals surface area contributed by atoms with Gasteiger partial charge in [-0.3, -0.25) is 14.5 Å². The molecule has 0 radical (unpaired) electrons. The molecule has 0 aromatic heterocycles. The van der Waals surface area contributed by atoms with E-state index in [-0.39, 0.29) is 17.8 Å². The molecule has 0 spiro atoms. The number of carbonyl (C=O) groups excluding carboxylic acids is 2. The van der Waals surface area contributed by atoms with Gasteiger partial charge in [-0.25, -0.2) is 0 Å². The fourth-order valence-corrected chi connectivity index (χ4v) is 6.55. The third kappa shape index (κ3) is 3.71. The van der Waals surface area contributed by atoms with Gasteiger partial charge in [0.1, 0.15) is 0 Å². The monoisotopic (exact) mass is 348 g/mol. The SMILES string of the molecule is COC(=O)C1CCN(CC(=O)NCC23CC4CC(CC(C4)C2)C3)CC1. The highest BCUT2D eigenvalue weighted by Gasteiger charge is 2.50. The summed E-state index contributed by atoms with van der Waals surface area (Å²) in [5, 5.41) is 3.26. The number of likely N-dealkylation sites (tertiary alicyclic amines) is 1. The maximum atomic E-state index is 12.4. The Bertz CT molecular complexity index is 490. The first kappa shape index (κ1) is 17.3. The lowest BCUT2D eigenvalue weighted by Crippen LogP contribution is -2.52. The zero-order chi connectivity index (χ0) is 17.4. The summed E-state index contributed by atoms with van der Waals surface area (Å²) in [7, 11) is 1.45. The van der Waals surface area contributed by atoms with Crippen molar-refractivity contribution in [3.63, 3.8) is 0 Å². The zero-order valence-corrected chi connectivity index (χ0v) is 15.5. The molecule has 1 heterocycles. The van der Waals surface area contributed by atoms with E-state index in [1.165, 1.54) is 45.6 Å². The van der Waals surface area contributed by atoms with E-state index in [4.69, 9.17) is 4.74 Å². The normalized spacial score (nSPS) is 37.9. The van der Waals surface area contributed by atoms with Crippen molar-refractivity contribution in [1.29, 1.82) is 0 Å². The Morgan fingerprint density at radius 3 is 2.12 bits per heavy atom. The quantitative estimate of drug-likeness (QED) is 0.774. The van der Waals surface area contributed by atoms with E-state index >= 15 is 0 Å². The van der Waals surface area contributed by atoms with Gasteiger partial charge in [-0.2, -0.15) is 0 Å². The van der Waals surface area contributed by atoms with Crippen LogP contribution in [0.15, 0.2) is 0 Å². The second-order valence-electron chi connectivity index (χ2n) is 9.27. The van der Waals surface area contributed by atoms with E-state index in [1.807, 2.05) is 0 Å². The van der Waals surface area contributed by atoms with Crippen LogP contribution in [0.5, 0.6) is 0 Å². The van der Waals surface area contributed by atoms with Gasteiger partial charge in [-0.1, -0.05) is 0 Å². The number of hydrogen-bond donors (Lipinski definition) is 1. The highest BCUT2D eigenvalue weighted by Crippen LogP contribution is 2.59. The summed E-state index contributed by atoms with van der Waals surface area (Å²) in [5.41, 5.74) is 0.405. The largest absolute Gasteiger partial charge is 0.469 e. The van der Waals surface area contributed by atoms with Crippen LogP contribution in [-0.4, -0.2) is 50.1 Å². The second-order valence-corrected chi connectivity index (χ2v) is 9.27. The van der Waals surface area contributed by atoms with Gasteiger partial charge in [-0.15, -0.1) is 0 Å². The van der Waals surface area contributed by atoms with Crippen LogP contribution in [0.2, 0.25) is 0 Å². The van der Waals surface area contributed by atoms with Gasteiger partial charge in [0.25, 0.3) is 0 Å². The van der Waals surface area contributed by atoms with E-state index in [0.29, 0.717) is 12.0 Å². The molecule has 25 heavy (non-hydrogen) atoms. The van der Waals surface area contributed by atoms with Crippen molar-refractivity contribution < 1.29 is 14.3 Å². The van der Waals surface area contributed by atoms with Crippen molar-refractivity contribution in [2.45, 2.75) is 51.4 Å². The Morgan fingerprint density at radius 2 is 1.60 bits per heavy atom. The number of nitrogens with one attached hydrogen (secondary N) is 1. The molecular weight excluding hydrogens is 316 g/mol. The van der Waals surface area contributed by atoms with Gasteiger partial charge in [0, 0.05) is 6.54 Å². The molecule has 1 aliphatic heterocycles. The van der Waals surface area contributed by atoms with E-state index < -0.39 is 0 Å². The lowest BCUT2D eigenvalue weighted by molar-refractivity contribution is -0.147. The molecule has 0 aromatic rings. The fourth-order valence-electron chi connectivity index (χ4n) is 6.55. The van der Waals surface area contributed by atoms with E-state index in [9.17, 15) is 9.59 Å². The molecule has 4 bridgehead atoms. The van der Waals surface area contributed by atoms with Crippen molar-refractivity contribution >= 4 is 11.9 Å². The van der Waals surface area contributed by atoms with E-state index in [0.717, 1.165) is 50.2 Å². The van der Waals surface area contributed by atoms with Crippen molar-refractivity contribution in [2.75, 3.05) is 33.3 Å². The Kier molecular flexibility index (Phi) is 4.78. The van der Waals surface area contributed by atoms with Crippen molar-refractivity contribution in [3.8, 4) is 0 Å². The molecule has 0 atom stereocenters. The minimum Gasteiger partial charge on any atom is -0.469 e. The van der Waals surface area contributed by atoms with Crippen LogP contribution in [-0.2, 0) is 14.3 Å². The molecule has 5 nitrogen and oxygen atoms in total. The molecule has 5 fully saturated rings. The average Bonchev–Trinajstić information content (AvgIpc) is 2.59. The van der Waals surface area contributed by atoms with Gasteiger partial charge in [0.15, 0.2) is 0 Å². The number of nitrogens with zero attached hydrogens (tertiary/aromatic N) is 1. The van der Waals surface area contributed by atoms with Crippen LogP contribution in [0.3, 0.4) is 0 Å². The minimum atomic E-state index is -0.106. The number of methoxy groups -OCH3 is 1. The fraction of sp³-hybridized carbons (Fsp3) is 0.900.